The maximum Gasteiger partial charge on any atom is 0.416 e. The summed E-state index contributed by atoms with van der Waals surface area (Å²) in [5.74, 6) is 0. The largest absolute Gasteiger partial charge is 0.416 e. The van der Waals surface area contributed by atoms with Gasteiger partial charge in [0.05, 0.1) is 11.1 Å². The summed E-state index contributed by atoms with van der Waals surface area (Å²) in [6.07, 6.45) is -8.97. The number of alkyl halides is 6. The highest BCUT2D eigenvalue weighted by molar-refractivity contribution is 5.68. The lowest BCUT2D eigenvalue weighted by Gasteiger charge is -2.13. The van der Waals surface area contributed by atoms with Crippen molar-refractivity contribution in [3.8, 4) is 11.1 Å². The molecule has 0 heterocycles. The lowest BCUT2D eigenvalue weighted by Crippen LogP contribution is -2.06. The summed E-state index contributed by atoms with van der Waals surface area (Å²) in [5, 5.41) is 0. The molecule has 21 heavy (non-hydrogen) atoms. The molecule has 0 radical (unpaired) electrons. The van der Waals surface area contributed by atoms with E-state index in [0.717, 1.165) is 24.3 Å². The van der Waals surface area contributed by atoms with E-state index in [2.05, 4.69) is 0 Å². The molecule has 2 aromatic rings. The summed E-state index contributed by atoms with van der Waals surface area (Å²) >= 11 is 0. The first kappa shape index (κ1) is 15.4. The highest BCUT2D eigenvalue weighted by atomic mass is 19.4. The van der Waals surface area contributed by atoms with Gasteiger partial charge in [0.25, 0.3) is 0 Å². The van der Waals surface area contributed by atoms with Gasteiger partial charge in [0.2, 0.25) is 0 Å². The van der Waals surface area contributed by atoms with E-state index in [-0.39, 0.29) is 11.1 Å². The molecule has 0 atom stereocenters. The molecule has 0 aliphatic heterocycles. The number of benzene rings is 2. The normalized spacial score (nSPS) is 12.5. The molecule has 0 N–H and O–H groups in total. The first-order valence-electron chi connectivity index (χ1n) is 5.94. The maximum atomic E-state index is 12.7. The van der Waals surface area contributed by atoms with Crippen molar-refractivity contribution in [2.75, 3.05) is 0 Å². The van der Waals surface area contributed by atoms with Gasteiger partial charge in [-0.2, -0.15) is 26.3 Å². The number of hydrogen-bond acceptors (Lipinski definition) is 0. The average Bonchev–Trinajstić information content (AvgIpc) is 2.36. The Hall–Kier alpha value is -1.98. The molecule has 0 saturated heterocycles. The van der Waals surface area contributed by atoms with Gasteiger partial charge in [0.15, 0.2) is 0 Å². The van der Waals surface area contributed by atoms with Crippen LogP contribution in [0.2, 0.25) is 0 Å². The fraction of sp³-hybridized carbons (Fsp3) is 0.200. The van der Waals surface area contributed by atoms with E-state index in [0.29, 0.717) is 5.56 Å². The molecular weight excluding hydrogens is 294 g/mol. The molecule has 0 nitrogen and oxygen atoms in total. The van der Waals surface area contributed by atoms with Gasteiger partial charge in [-0.05, 0) is 47.9 Å². The third kappa shape index (κ3) is 3.37. The van der Waals surface area contributed by atoms with E-state index in [1.54, 1.807) is 0 Å². The molecule has 0 spiro atoms. The second-order valence-corrected chi connectivity index (χ2v) is 4.61. The predicted molar refractivity (Wildman–Crippen MR) is 66.6 cm³/mol. The Kier molecular flexibility index (Phi) is 3.74. The van der Waals surface area contributed by atoms with Crippen LogP contribution in [0.4, 0.5) is 26.3 Å². The number of hydrogen-bond donors (Lipinski definition) is 0. The zero-order valence-electron chi connectivity index (χ0n) is 10.8. The van der Waals surface area contributed by atoms with E-state index < -0.39 is 23.5 Å². The van der Waals surface area contributed by atoms with Gasteiger partial charge in [-0.3, -0.25) is 0 Å². The standard InChI is InChI=1S/C15H10F6/c1-9-7-12(15(19,20)21)5-6-13(9)10-3-2-4-11(8-10)14(16,17)18/h2-8H,1H3. The van der Waals surface area contributed by atoms with Crippen LogP contribution >= 0.6 is 0 Å². The molecule has 2 rings (SSSR count). The first-order chi connectivity index (χ1) is 9.59. The van der Waals surface area contributed by atoms with Gasteiger partial charge in [-0.1, -0.05) is 18.2 Å². The monoisotopic (exact) mass is 304 g/mol. The van der Waals surface area contributed by atoms with Crippen LogP contribution in [-0.2, 0) is 12.4 Å². The highest BCUT2D eigenvalue weighted by Gasteiger charge is 2.32. The Morgan fingerprint density at radius 3 is 1.81 bits per heavy atom. The lowest BCUT2D eigenvalue weighted by molar-refractivity contribution is -0.138. The Morgan fingerprint density at radius 1 is 0.714 bits per heavy atom. The highest BCUT2D eigenvalue weighted by Crippen LogP contribution is 2.35. The summed E-state index contributed by atoms with van der Waals surface area (Å²) in [5.41, 5.74) is -0.815. The summed E-state index contributed by atoms with van der Waals surface area (Å²) in [7, 11) is 0. The summed E-state index contributed by atoms with van der Waals surface area (Å²) in [4.78, 5) is 0. The molecule has 0 unspecified atom stereocenters. The Morgan fingerprint density at radius 2 is 1.29 bits per heavy atom. The van der Waals surface area contributed by atoms with Gasteiger partial charge in [-0.25, -0.2) is 0 Å². The smallest absolute Gasteiger partial charge is 0.166 e. The van der Waals surface area contributed by atoms with Gasteiger partial charge in [0, 0.05) is 0 Å². The van der Waals surface area contributed by atoms with Crippen LogP contribution in [0, 0.1) is 6.92 Å². The van der Waals surface area contributed by atoms with E-state index in [9.17, 15) is 26.3 Å². The number of halogens is 6. The van der Waals surface area contributed by atoms with Crippen molar-refractivity contribution in [2.45, 2.75) is 19.3 Å². The average molecular weight is 304 g/mol. The number of aryl methyl sites for hydroxylation is 1. The minimum Gasteiger partial charge on any atom is -0.166 e. The van der Waals surface area contributed by atoms with E-state index in [1.165, 1.54) is 25.1 Å². The Balaban J connectivity index is 2.48. The van der Waals surface area contributed by atoms with E-state index >= 15 is 0 Å². The fourth-order valence-electron chi connectivity index (χ4n) is 2.03. The molecule has 6 heteroatoms. The summed E-state index contributed by atoms with van der Waals surface area (Å²) in [6.45, 7) is 1.44. The zero-order chi connectivity index (χ0) is 15.8. The third-order valence-electron chi connectivity index (χ3n) is 3.05. The van der Waals surface area contributed by atoms with Crippen LogP contribution in [0.15, 0.2) is 42.5 Å². The molecule has 112 valence electrons. The summed E-state index contributed by atoms with van der Waals surface area (Å²) in [6, 6.07) is 7.49. The van der Waals surface area contributed by atoms with Crippen LogP contribution in [0.5, 0.6) is 0 Å². The molecule has 0 aliphatic rings. The second-order valence-electron chi connectivity index (χ2n) is 4.61. The van der Waals surface area contributed by atoms with Crippen molar-refractivity contribution in [1.82, 2.24) is 0 Å². The number of rotatable bonds is 1. The second kappa shape index (κ2) is 5.09. The van der Waals surface area contributed by atoms with Gasteiger partial charge in [-0.15, -0.1) is 0 Å². The lowest BCUT2D eigenvalue weighted by atomic mass is 9.97. The van der Waals surface area contributed by atoms with Crippen molar-refractivity contribution in [1.29, 1.82) is 0 Å². The van der Waals surface area contributed by atoms with Crippen molar-refractivity contribution >= 4 is 0 Å². The molecule has 0 aliphatic carbocycles. The SMILES string of the molecule is Cc1cc(C(F)(F)F)ccc1-c1cccc(C(F)(F)F)c1. The molecule has 0 bridgehead atoms. The van der Waals surface area contributed by atoms with Crippen molar-refractivity contribution in [3.63, 3.8) is 0 Å². The maximum absolute atomic E-state index is 12.7. The van der Waals surface area contributed by atoms with Crippen LogP contribution in [-0.4, -0.2) is 0 Å². The van der Waals surface area contributed by atoms with Crippen LogP contribution in [0.1, 0.15) is 16.7 Å². The Bertz CT molecular complexity index is 652. The van der Waals surface area contributed by atoms with Crippen molar-refractivity contribution in [3.05, 3.63) is 59.2 Å². The van der Waals surface area contributed by atoms with Crippen molar-refractivity contribution < 1.29 is 26.3 Å². The molecule has 0 fully saturated rings. The van der Waals surface area contributed by atoms with Gasteiger partial charge >= 0.3 is 12.4 Å². The molecule has 0 saturated carbocycles. The van der Waals surface area contributed by atoms with Crippen LogP contribution in [0.25, 0.3) is 11.1 Å². The summed E-state index contributed by atoms with van der Waals surface area (Å²) < 4.78 is 75.7. The third-order valence-corrected chi connectivity index (χ3v) is 3.05. The van der Waals surface area contributed by atoms with Crippen LogP contribution in [0.3, 0.4) is 0 Å². The molecular formula is C15H10F6. The molecule has 0 amide bonds. The van der Waals surface area contributed by atoms with E-state index in [4.69, 9.17) is 0 Å². The van der Waals surface area contributed by atoms with Gasteiger partial charge in [0.1, 0.15) is 0 Å². The zero-order valence-corrected chi connectivity index (χ0v) is 10.8. The minimum atomic E-state index is -4.49. The molecule has 2 aromatic carbocycles. The van der Waals surface area contributed by atoms with E-state index in [1.807, 2.05) is 0 Å². The molecule has 0 aromatic heterocycles. The van der Waals surface area contributed by atoms with Crippen molar-refractivity contribution in [2.24, 2.45) is 0 Å². The quantitative estimate of drug-likeness (QED) is 0.593. The fourth-order valence-corrected chi connectivity index (χ4v) is 2.03. The first-order valence-corrected chi connectivity index (χ1v) is 5.94. The predicted octanol–water partition coefficient (Wildman–Crippen LogP) is 5.70. The topological polar surface area (TPSA) is 0 Å². The minimum absolute atomic E-state index is 0.232. The van der Waals surface area contributed by atoms with Crippen LogP contribution < -0.4 is 0 Å². The Labute approximate surface area is 117 Å². The van der Waals surface area contributed by atoms with Gasteiger partial charge < -0.3 is 0 Å².